The lowest BCUT2D eigenvalue weighted by atomic mass is 9.86. The number of nitrogens with zero attached hydrogens (tertiary/aromatic N) is 4. The van der Waals surface area contributed by atoms with Crippen LogP contribution in [0.5, 0.6) is 0 Å². The number of Topliss-reactive ketones (excluding diaryl/α,β-unsaturated/α-hetero) is 1. The summed E-state index contributed by atoms with van der Waals surface area (Å²) >= 11 is 0. The molecule has 2 aromatic rings. The van der Waals surface area contributed by atoms with Crippen LogP contribution in [0.15, 0.2) is 35.1 Å². The number of benzene rings is 1. The third-order valence-corrected chi connectivity index (χ3v) is 6.03. The minimum atomic E-state index is -0.124. The van der Waals surface area contributed by atoms with Crippen LogP contribution in [0.3, 0.4) is 0 Å². The molecule has 0 spiro atoms. The van der Waals surface area contributed by atoms with Gasteiger partial charge in [0, 0.05) is 56.5 Å². The molecule has 1 aliphatic heterocycles. The molecule has 152 valence electrons. The van der Waals surface area contributed by atoms with Crippen molar-refractivity contribution in [2.75, 3.05) is 31.1 Å². The summed E-state index contributed by atoms with van der Waals surface area (Å²) in [5.74, 6) is 0.176. The number of piperazine rings is 1. The Hall–Kier alpha value is -2.96. The van der Waals surface area contributed by atoms with Crippen LogP contribution in [0.4, 0.5) is 5.69 Å². The van der Waals surface area contributed by atoms with Gasteiger partial charge in [-0.1, -0.05) is 0 Å². The predicted octanol–water partition coefficient (Wildman–Crippen LogP) is 1.44. The van der Waals surface area contributed by atoms with Crippen molar-refractivity contribution in [1.82, 2.24) is 14.7 Å². The van der Waals surface area contributed by atoms with Crippen LogP contribution in [0, 0.1) is 5.92 Å². The standard InChI is InChI=1S/C22H26N4O3/c1-15(27)16-3-6-19(7-4-16)25-9-11-26(12-10-25)22(29)17-5-8-20-18(13-17)14-21(28)24(2)23-20/h3-4,6-7,14,17H,5,8-13H2,1-2H3. The molecule has 1 aromatic carbocycles. The van der Waals surface area contributed by atoms with Gasteiger partial charge in [-0.15, -0.1) is 0 Å². The lowest BCUT2D eigenvalue weighted by Gasteiger charge is -2.38. The average molecular weight is 394 g/mol. The molecule has 1 amide bonds. The monoisotopic (exact) mass is 394 g/mol. The molecule has 29 heavy (non-hydrogen) atoms. The summed E-state index contributed by atoms with van der Waals surface area (Å²) in [6.45, 7) is 4.49. The Kier molecular flexibility index (Phi) is 5.22. The molecule has 1 saturated heterocycles. The number of carbonyl (C=O) groups is 2. The second kappa shape index (κ2) is 7.81. The van der Waals surface area contributed by atoms with Crippen molar-refractivity contribution in [2.45, 2.75) is 26.2 Å². The van der Waals surface area contributed by atoms with Gasteiger partial charge in [0.1, 0.15) is 0 Å². The summed E-state index contributed by atoms with van der Waals surface area (Å²) in [6.07, 6.45) is 2.12. The van der Waals surface area contributed by atoms with Crippen LogP contribution in [-0.2, 0) is 24.7 Å². The van der Waals surface area contributed by atoms with E-state index in [-0.39, 0.29) is 23.2 Å². The smallest absolute Gasteiger partial charge is 0.266 e. The fourth-order valence-corrected chi connectivity index (χ4v) is 4.25. The van der Waals surface area contributed by atoms with Gasteiger partial charge < -0.3 is 9.80 Å². The van der Waals surface area contributed by atoms with Gasteiger partial charge in [-0.3, -0.25) is 14.4 Å². The number of hydrogen-bond donors (Lipinski definition) is 0. The molecule has 1 aliphatic carbocycles. The second-order valence-electron chi connectivity index (χ2n) is 7.93. The van der Waals surface area contributed by atoms with Gasteiger partial charge in [-0.2, -0.15) is 5.10 Å². The zero-order valence-electron chi connectivity index (χ0n) is 16.9. The van der Waals surface area contributed by atoms with Crippen LogP contribution in [0.25, 0.3) is 0 Å². The molecule has 0 N–H and O–H groups in total. The van der Waals surface area contributed by atoms with Crippen LogP contribution < -0.4 is 10.5 Å². The zero-order chi connectivity index (χ0) is 20.5. The highest BCUT2D eigenvalue weighted by Crippen LogP contribution is 2.26. The highest BCUT2D eigenvalue weighted by Gasteiger charge is 2.31. The van der Waals surface area contributed by atoms with Gasteiger partial charge in [0.2, 0.25) is 5.91 Å². The second-order valence-corrected chi connectivity index (χ2v) is 7.93. The molecule has 2 heterocycles. The third kappa shape index (κ3) is 3.95. The summed E-state index contributed by atoms with van der Waals surface area (Å²) < 4.78 is 1.36. The molecule has 1 fully saturated rings. The summed E-state index contributed by atoms with van der Waals surface area (Å²) in [7, 11) is 1.66. The molecule has 1 aromatic heterocycles. The first-order valence-corrected chi connectivity index (χ1v) is 10.1. The summed E-state index contributed by atoms with van der Waals surface area (Å²) in [4.78, 5) is 40.6. The van der Waals surface area contributed by atoms with Crippen molar-refractivity contribution in [3.8, 4) is 0 Å². The molecule has 1 atom stereocenters. The van der Waals surface area contributed by atoms with Crippen molar-refractivity contribution in [3.63, 3.8) is 0 Å². The number of aryl methyl sites for hydroxylation is 2. The normalized spacial score (nSPS) is 19.0. The van der Waals surface area contributed by atoms with Crippen LogP contribution in [0.2, 0.25) is 0 Å². The lowest BCUT2D eigenvalue weighted by Crippen LogP contribution is -2.51. The molecule has 0 bridgehead atoms. The first kappa shape index (κ1) is 19.4. The van der Waals surface area contributed by atoms with Gasteiger partial charge in [0.15, 0.2) is 5.78 Å². The van der Waals surface area contributed by atoms with E-state index in [1.807, 2.05) is 29.2 Å². The summed E-state index contributed by atoms with van der Waals surface area (Å²) in [5.41, 5.74) is 3.53. The fraction of sp³-hybridized carbons (Fsp3) is 0.455. The predicted molar refractivity (Wildman–Crippen MR) is 110 cm³/mol. The van der Waals surface area contributed by atoms with Gasteiger partial charge in [0.05, 0.1) is 5.69 Å². The number of rotatable bonds is 3. The van der Waals surface area contributed by atoms with E-state index in [1.165, 1.54) is 4.68 Å². The number of hydrogen-bond acceptors (Lipinski definition) is 5. The fourth-order valence-electron chi connectivity index (χ4n) is 4.25. The van der Waals surface area contributed by atoms with E-state index < -0.39 is 0 Å². The Morgan fingerprint density at radius 1 is 1.07 bits per heavy atom. The third-order valence-electron chi connectivity index (χ3n) is 6.03. The number of carbonyl (C=O) groups excluding carboxylic acids is 2. The molecule has 0 saturated carbocycles. The van der Waals surface area contributed by atoms with Gasteiger partial charge >= 0.3 is 0 Å². The van der Waals surface area contributed by atoms with Crippen molar-refractivity contribution in [2.24, 2.45) is 13.0 Å². The maximum absolute atomic E-state index is 13.0. The molecule has 7 nitrogen and oxygen atoms in total. The number of amides is 1. The largest absolute Gasteiger partial charge is 0.368 e. The van der Waals surface area contributed by atoms with E-state index in [1.54, 1.807) is 20.0 Å². The van der Waals surface area contributed by atoms with E-state index in [9.17, 15) is 14.4 Å². The molecule has 7 heteroatoms. The van der Waals surface area contributed by atoms with Crippen LogP contribution in [0.1, 0.15) is 35.0 Å². The van der Waals surface area contributed by atoms with Crippen LogP contribution >= 0.6 is 0 Å². The lowest BCUT2D eigenvalue weighted by molar-refractivity contribution is -0.136. The maximum Gasteiger partial charge on any atom is 0.266 e. The van der Waals surface area contributed by atoms with Gasteiger partial charge in [-0.05, 0) is 56.0 Å². The van der Waals surface area contributed by atoms with E-state index in [4.69, 9.17) is 0 Å². The van der Waals surface area contributed by atoms with Gasteiger partial charge in [0.25, 0.3) is 5.56 Å². The minimum Gasteiger partial charge on any atom is -0.368 e. The summed E-state index contributed by atoms with van der Waals surface area (Å²) in [6, 6.07) is 9.28. The Labute approximate surface area is 169 Å². The molecular formula is C22H26N4O3. The van der Waals surface area contributed by atoms with Gasteiger partial charge in [-0.25, -0.2) is 4.68 Å². The van der Waals surface area contributed by atoms with Crippen LogP contribution in [-0.4, -0.2) is 52.5 Å². The average Bonchev–Trinajstić information content (AvgIpc) is 2.74. The minimum absolute atomic E-state index is 0.0640. The molecular weight excluding hydrogens is 368 g/mol. The highest BCUT2D eigenvalue weighted by atomic mass is 16.2. The van der Waals surface area contributed by atoms with Crippen molar-refractivity contribution >= 4 is 17.4 Å². The number of anilines is 1. The Morgan fingerprint density at radius 3 is 2.41 bits per heavy atom. The first-order chi connectivity index (χ1) is 13.9. The number of fused-ring (bicyclic) bond motifs is 1. The molecule has 2 aliphatic rings. The maximum atomic E-state index is 13.0. The van der Waals surface area contributed by atoms with Crippen molar-refractivity contribution in [3.05, 3.63) is 57.5 Å². The van der Waals surface area contributed by atoms with Crippen molar-refractivity contribution < 1.29 is 9.59 Å². The zero-order valence-corrected chi connectivity index (χ0v) is 16.9. The molecule has 4 rings (SSSR count). The number of aromatic nitrogens is 2. The molecule has 0 radical (unpaired) electrons. The number of ketones is 1. The van der Waals surface area contributed by atoms with E-state index >= 15 is 0 Å². The van der Waals surface area contributed by atoms with E-state index in [0.717, 1.165) is 42.9 Å². The SMILES string of the molecule is CC(=O)c1ccc(N2CCN(C(=O)C3CCc4nn(C)c(=O)cc4C3)CC2)cc1. The highest BCUT2D eigenvalue weighted by molar-refractivity contribution is 5.94. The Balaban J connectivity index is 1.37. The Morgan fingerprint density at radius 2 is 1.76 bits per heavy atom. The summed E-state index contributed by atoms with van der Waals surface area (Å²) in [5, 5.41) is 4.33. The molecule has 1 unspecified atom stereocenters. The topological polar surface area (TPSA) is 75.5 Å². The van der Waals surface area contributed by atoms with Crippen molar-refractivity contribution in [1.29, 1.82) is 0 Å². The van der Waals surface area contributed by atoms with E-state index in [0.29, 0.717) is 25.1 Å². The van der Waals surface area contributed by atoms with E-state index in [2.05, 4.69) is 10.00 Å². The Bertz CT molecular complexity index is 988. The quantitative estimate of drug-likeness (QED) is 0.737. The first-order valence-electron chi connectivity index (χ1n) is 10.1.